The van der Waals surface area contributed by atoms with Crippen molar-refractivity contribution in [3.63, 3.8) is 0 Å². The average Bonchev–Trinajstić information content (AvgIpc) is 3.07. The van der Waals surface area contributed by atoms with Gasteiger partial charge in [-0.1, -0.05) is 11.6 Å². The number of benzene rings is 2. The Morgan fingerprint density at radius 3 is 2.74 bits per heavy atom. The summed E-state index contributed by atoms with van der Waals surface area (Å²) < 4.78 is 29.2. The van der Waals surface area contributed by atoms with Crippen LogP contribution in [0.5, 0.6) is 5.75 Å². The lowest BCUT2D eigenvalue weighted by Crippen LogP contribution is -2.28. The van der Waals surface area contributed by atoms with Crippen LogP contribution in [0.2, 0.25) is 5.02 Å². The van der Waals surface area contributed by atoms with Gasteiger partial charge in [-0.3, -0.25) is 4.79 Å². The van der Waals surface area contributed by atoms with E-state index in [0.717, 1.165) is 12.1 Å². The van der Waals surface area contributed by atoms with Crippen molar-refractivity contribution in [2.45, 2.75) is 6.54 Å². The molecule has 0 aliphatic rings. The second-order valence-electron chi connectivity index (χ2n) is 6.61. The van der Waals surface area contributed by atoms with Gasteiger partial charge in [0.25, 0.3) is 5.91 Å². The summed E-state index contributed by atoms with van der Waals surface area (Å²) in [6, 6.07) is 7.27. The Morgan fingerprint density at radius 2 is 2.00 bits per heavy atom. The molecule has 0 saturated heterocycles. The van der Waals surface area contributed by atoms with Crippen molar-refractivity contribution in [2.24, 2.45) is 0 Å². The van der Waals surface area contributed by atoms with Gasteiger partial charge in [-0.2, -0.15) is 5.10 Å². The van der Waals surface area contributed by atoms with E-state index in [-0.39, 0.29) is 46.5 Å². The molecule has 0 saturated carbocycles. The topological polar surface area (TPSA) is 119 Å². The van der Waals surface area contributed by atoms with Gasteiger partial charge in [0, 0.05) is 23.2 Å². The lowest BCUT2D eigenvalue weighted by atomic mass is 10.1. The van der Waals surface area contributed by atoms with Crippen molar-refractivity contribution in [3.8, 4) is 17.0 Å². The van der Waals surface area contributed by atoms with Crippen LogP contribution in [0.25, 0.3) is 22.3 Å². The molecule has 1 amide bonds. The number of halogens is 3. The summed E-state index contributed by atoms with van der Waals surface area (Å²) in [7, 11) is 0. The molecular weight excluding hydrogens is 430 g/mol. The van der Waals surface area contributed by atoms with Gasteiger partial charge in [0.2, 0.25) is 0 Å². The molecule has 158 valence electrons. The summed E-state index contributed by atoms with van der Waals surface area (Å²) in [5.41, 5.74) is 6.76. The molecule has 4 aromatic rings. The SMILES string of the molecule is Nc1ncnc2c1c(-c1cc(O)cc(F)c1)nn2CCNC(=O)c1ccc(Cl)cc1F. The zero-order valence-corrected chi connectivity index (χ0v) is 16.6. The molecule has 0 spiro atoms. The van der Waals surface area contributed by atoms with Gasteiger partial charge < -0.3 is 16.2 Å². The molecule has 0 fully saturated rings. The molecule has 31 heavy (non-hydrogen) atoms. The number of aromatic nitrogens is 4. The number of nitrogens with zero attached hydrogens (tertiary/aromatic N) is 4. The molecule has 2 aromatic carbocycles. The van der Waals surface area contributed by atoms with Crippen LogP contribution < -0.4 is 11.1 Å². The third kappa shape index (κ3) is 4.10. The number of hydrogen-bond acceptors (Lipinski definition) is 6. The van der Waals surface area contributed by atoms with E-state index in [1.807, 2.05) is 0 Å². The number of phenolic OH excluding ortho intramolecular Hbond substituents is 1. The molecule has 2 aromatic heterocycles. The molecule has 8 nitrogen and oxygen atoms in total. The number of phenols is 1. The van der Waals surface area contributed by atoms with Gasteiger partial charge in [-0.15, -0.1) is 0 Å². The summed E-state index contributed by atoms with van der Waals surface area (Å²) in [5, 5.41) is 17.3. The third-order valence-corrected chi connectivity index (χ3v) is 4.73. The summed E-state index contributed by atoms with van der Waals surface area (Å²) in [4.78, 5) is 20.4. The number of aromatic hydroxyl groups is 1. The number of carbonyl (C=O) groups is 1. The van der Waals surface area contributed by atoms with Crippen LogP contribution in [0.15, 0.2) is 42.7 Å². The van der Waals surface area contributed by atoms with Crippen LogP contribution in [0, 0.1) is 11.6 Å². The quantitative estimate of drug-likeness (QED) is 0.435. The Labute approximate surface area is 179 Å². The van der Waals surface area contributed by atoms with E-state index in [2.05, 4.69) is 20.4 Å². The second-order valence-corrected chi connectivity index (χ2v) is 7.04. The predicted octanol–water partition coefficient (Wildman–Crippen LogP) is 3.14. The number of nitrogen functional groups attached to an aromatic ring is 1. The van der Waals surface area contributed by atoms with Gasteiger partial charge in [0.15, 0.2) is 5.65 Å². The largest absolute Gasteiger partial charge is 0.508 e. The number of anilines is 1. The zero-order valence-electron chi connectivity index (χ0n) is 15.8. The highest BCUT2D eigenvalue weighted by atomic mass is 35.5. The zero-order chi connectivity index (χ0) is 22.1. The minimum Gasteiger partial charge on any atom is -0.508 e. The molecule has 0 unspecified atom stereocenters. The first kappa shape index (κ1) is 20.5. The normalized spacial score (nSPS) is 11.1. The Morgan fingerprint density at radius 1 is 1.19 bits per heavy atom. The van der Waals surface area contributed by atoms with Crippen molar-refractivity contribution in [1.29, 1.82) is 0 Å². The molecular formula is C20H15ClF2N6O2. The average molecular weight is 445 g/mol. The maximum absolute atomic E-state index is 13.9. The molecule has 0 aliphatic carbocycles. The van der Waals surface area contributed by atoms with Gasteiger partial charge >= 0.3 is 0 Å². The fourth-order valence-corrected chi connectivity index (χ4v) is 3.30. The first-order valence-electron chi connectivity index (χ1n) is 9.03. The van der Waals surface area contributed by atoms with Crippen LogP contribution in [0.1, 0.15) is 10.4 Å². The third-order valence-electron chi connectivity index (χ3n) is 4.50. The number of hydrogen-bond donors (Lipinski definition) is 3. The maximum atomic E-state index is 13.9. The van der Waals surface area contributed by atoms with Crippen LogP contribution >= 0.6 is 11.6 Å². The van der Waals surface area contributed by atoms with E-state index in [1.54, 1.807) is 0 Å². The Hall–Kier alpha value is -3.79. The molecule has 0 bridgehead atoms. The monoisotopic (exact) mass is 444 g/mol. The minimum atomic E-state index is -0.733. The minimum absolute atomic E-state index is 0.0927. The molecule has 0 atom stereocenters. The van der Waals surface area contributed by atoms with E-state index in [9.17, 15) is 18.7 Å². The highest BCUT2D eigenvalue weighted by Gasteiger charge is 2.18. The van der Waals surface area contributed by atoms with Gasteiger partial charge in [-0.25, -0.2) is 23.4 Å². The molecule has 0 aliphatic heterocycles. The van der Waals surface area contributed by atoms with E-state index in [0.29, 0.717) is 11.0 Å². The highest BCUT2D eigenvalue weighted by Crippen LogP contribution is 2.32. The van der Waals surface area contributed by atoms with Crippen molar-refractivity contribution in [3.05, 3.63) is 64.9 Å². The van der Waals surface area contributed by atoms with Crippen molar-refractivity contribution in [2.75, 3.05) is 12.3 Å². The number of nitrogens with two attached hydrogens (primary N) is 1. The fourth-order valence-electron chi connectivity index (χ4n) is 3.14. The smallest absolute Gasteiger partial charge is 0.254 e. The first-order valence-corrected chi connectivity index (χ1v) is 9.41. The summed E-state index contributed by atoms with van der Waals surface area (Å²) in [5.74, 6) is -2.14. The lowest BCUT2D eigenvalue weighted by Gasteiger charge is -2.07. The van der Waals surface area contributed by atoms with Crippen LogP contribution in [-0.4, -0.2) is 37.3 Å². The fraction of sp³-hybridized carbons (Fsp3) is 0.100. The van der Waals surface area contributed by atoms with E-state index < -0.39 is 17.5 Å². The number of amides is 1. The van der Waals surface area contributed by atoms with Crippen LogP contribution in [0.4, 0.5) is 14.6 Å². The van der Waals surface area contributed by atoms with E-state index >= 15 is 0 Å². The molecule has 4 N–H and O–H groups in total. The van der Waals surface area contributed by atoms with E-state index in [4.69, 9.17) is 17.3 Å². The first-order chi connectivity index (χ1) is 14.8. The molecule has 2 heterocycles. The maximum Gasteiger partial charge on any atom is 0.254 e. The Kier molecular flexibility index (Phi) is 5.38. The lowest BCUT2D eigenvalue weighted by molar-refractivity contribution is 0.0948. The summed E-state index contributed by atoms with van der Waals surface area (Å²) >= 11 is 5.70. The van der Waals surface area contributed by atoms with Crippen molar-refractivity contribution >= 4 is 34.4 Å². The van der Waals surface area contributed by atoms with Gasteiger partial charge in [0.05, 0.1) is 17.5 Å². The van der Waals surface area contributed by atoms with Gasteiger partial charge in [0.1, 0.15) is 35.2 Å². The Bertz CT molecular complexity index is 1290. The second kappa shape index (κ2) is 8.15. The Balaban J connectivity index is 1.61. The molecule has 0 radical (unpaired) electrons. The predicted molar refractivity (Wildman–Crippen MR) is 111 cm³/mol. The van der Waals surface area contributed by atoms with Crippen LogP contribution in [0.3, 0.4) is 0 Å². The van der Waals surface area contributed by atoms with Gasteiger partial charge in [-0.05, 0) is 30.3 Å². The number of rotatable bonds is 5. The molecule has 4 rings (SSSR count). The summed E-state index contributed by atoms with van der Waals surface area (Å²) in [6.07, 6.45) is 1.25. The van der Waals surface area contributed by atoms with E-state index in [1.165, 1.54) is 35.3 Å². The number of nitrogens with one attached hydrogen (secondary N) is 1. The highest BCUT2D eigenvalue weighted by molar-refractivity contribution is 6.30. The van der Waals surface area contributed by atoms with Crippen LogP contribution in [-0.2, 0) is 6.54 Å². The van der Waals surface area contributed by atoms with Crippen molar-refractivity contribution < 1.29 is 18.7 Å². The summed E-state index contributed by atoms with van der Waals surface area (Å²) in [6.45, 7) is 0.255. The number of carbonyl (C=O) groups excluding carboxylic acids is 1. The standard InChI is InChI=1S/C20H15ClF2N6O2/c21-11-1-2-14(15(23)7-11)20(31)25-3-4-29-19-16(18(24)26-9-27-19)17(28-29)10-5-12(22)8-13(30)6-10/h1-2,5-9,30H,3-4H2,(H,25,31)(H2,24,26,27). The number of fused-ring (bicyclic) bond motifs is 1. The van der Waals surface area contributed by atoms with Crippen molar-refractivity contribution in [1.82, 2.24) is 25.1 Å². The molecule has 11 heteroatoms.